The lowest BCUT2D eigenvalue weighted by Gasteiger charge is -2.14. The van der Waals surface area contributed by atoms with E-state index in [4.69, 9.17) is 5.11 Å². The summed E-state index contributed by atoms with van der Waals surface area (Å²) in [5.74, 6) is -0.530. The quantitative estimate of drug-likeness (QED) is 0.588. The van der Waals surface area contributed by atoms with Crippen LogP contribution in [0.15, 0.2) is 0 Å². The van der Waals surface area contributed by atoms with Crippen LogP contribution in [-0.2, 0) is 9.59 Å². The highest BCUT2D eigenvalue weighted by Gasteiger charge is 2.18. The first-order valence-electron chi connectivity index (χ1n) is 5.40. The van der Waals surface area contributed by atoms with Crippen molar-refractivity contribution in [2.24, 2.45) is 0 Å². The third-order valence-corrected chi connectivity index (χ3v) is 2.47. The average molecular weight is 214 g/mol. The lowest BCUT2D eigenvalue weighted by Crippen LogP contribution is -2.29. The maximum atomic E-state index is 11.2. The fourth-order valence-electron chi connectivity index (χ4n) is 1.66. The summed E-state index contributed by atoms with van der Waals surface area (Å²) < 4.78 is 0. The van der Waals surface area contributed by atoms with Crippen LogP contribution >= 0.6 is 0 Å². The van der Waals surface area contributed by atoms with Gasteiger partial charge in [-0.05, 0) is 19.4 Å². The highest BCUT2D eigenvalue weighted by atomic mass is 16.4. The second-order valence-electron chi connectivity index (χ2n) is 3.73. The number of carboxylic acids is 1. The minimum atomic E-state index is -0.780. The minimum Gasteiger partial charge on any atom is -0.481 e. The molecule has 1 fully saturated rings. The van der Waals surface area contributed by atoms with Crippen LogP contribution < -0.4 is 5.32 Å². The molecule has 0 atom stereocenters. The number of carboxylic acid groups (broad SMARTS) is 1. The molecule has 1 amide bonds. The van der Waals surface area contributed by atoms with Gasteiger partial charge in [0.05, 0.1) is 6.42 Å². The van der Waals surface area contributed by atoms with Crippen molar-refractivity contribution < 1.29 is 14.7 Å². The molecule has 1 aliphatic rings. The summed E-state index contributed by atoms with van der Waals surface area (Å²) in [6.45, 7) is 2.95. The molecule has 0 aromatic carbocycles. The molecule has 0 radical (unpaired) electrons. The standard InChI is InChI=1S/C10H18N2O3/c13-9-3-1-7-12(9)8-2-5-11-6-4-10(14)15/h11H,1-8H2,(H,14,15). The van der Waals surface area contributed by atoms with E-state index < -0.39 is 5.97 Å². The lowest BCUT2D eigenvalue weighted by molar-refractivity contribution is -0.136. The Labute approximate surface area is 89.4 Å². The molecule has 5 nitrogen and oxygen atoms in total. The van der Waals surface area contributed by atoms with E-state index in [-0.39, 0.29) is 12.3 Å². The van der Waals surface area contributed by atoms with Gasteiger partial charge in [-0.15, -0.1) is 0 Å². The van der Waals surface area contributed by atoms with Gasteiger partial charge in [-0.3, -0.25) is 9.59 Å². The largest absolute Gasteiger partial charge is 0.481 e. The van der Waals surface area contributed by atoms with Crippen LogP contribution in [0.1, 0.15) is 25.7 Å². The third kappa shape index (κ3) is 4.78. The molecule has 0 aromatic heterocycles. The summed E-state index contributed by atoms with van der Waals surface area (Å²) in [7, 11) is 0. The number of likely N-dealkylation sites (tertiary alicyclic amines) is 1. The molecule has 1 aliphatic heterocycles. The van der Waals surface area contributed by atoms with Crippen LogP contribution in [0.5, 0.6) is 0 Å². The maximum Gasteiger partial charge on any atom is 0.304 e. The van der Waals surface area contributed by atoms with E-state index >= 15 is 0 Å². The molecule has 0 aromatic rings. The molecule has 15 heavy (non-hydrogen) atoms. The molecule has 5 heteroatoms. The number of aliphatic carboxylic acids is 1. The van der Waals surface area contributed by atoms with E-state index in [9.17, 15) is 9.59 Å². The summed E-state index contributed by atoms with van der Waals surface area (Å²) in [6.07, 6.45) is 2.71. The Kier molecular flexibility index (Phi) is 5.10. The number of nitrogens with one attached hydrogen (secondary N) is 1. The van der Waals surface area contributed by atoms with E-state index in [1.165, 1.54) is 0 Å². The molecule has 1 rings (SSSR count). The predicted octanol–water partition coefficient (Wildman–Crippen LogP) is 0.0632. The number of hydrogen-bond acceptors (Lipinski definition) is 3. The average Bonchev–Trinajstić information content (AvgIpc) is 2.57. The Morgan fingerprint density at radius 2 is 2.27 bits per heavy atom. The third-order valence-electron chi connectivity index (χ3n) is 2.47. The van der Waals surface area contributed by atoms with Crippen molar-refractivity contribution in [3.63, 3.8) is 0 Å². The van der Waals surface area contributed by atoms with Gasteiger partial charge in [0.25, 0.3) is 0 Å². The highest BCUT2D eigenvalue weighted by Crippen LogP contribution is 2.09. The van der Waals surface area contributed by atoms with Gasteiger partial charge in [0.15, 0.2) is 0 Å². The summed E-state index contributed by atoms with van der Waals surface area (Å²) >= 11 is 0. The molecule has 2 N–H and O–H groups in total. The van der Waals surface area contributed by atoms with Gasteiger partial charge in [-0.25, -0.2) is 0 Å². The zero-order valence-corrected chi connectivity index (χ0v) is 8.87. The van der Waals surface area contributed by atoms with Crippen molar-refractivity contribution in [3.05, 3.63) is 0 Å². The Morgan fingerprint density at radius 1 is 1.47 bits per heavy atom. The topological polar surface area (TPSA) is 69.6 Å². The summed E-state index contributed by atoms with van der Waals surface area (Å²) in [5.41, 5.74) is 0. The number of nitrogens with zero attached hydrogens (tertiary/aromatic N) is 1. The zero-order chi connectivity index (χ0) is 11.1. The number of amides is 1. The van der Waals surface area contributed by atoms with Crippen molar-refractivity contribution in [1.82, 2.24) is 10.2 Å². The second-order valence-corrected chi connectivity index (χ2v) is 3.73. The van der Waals surface area contributed by atoms with Crippen molar-refractivity contribution in [1.29, 1.82) is 0 Å². The second kappa shape index (κ2) is 6.40. The van der Waals surface area contributed by atoms with E-state index in [0.717, 1.165) is 32.5 Å². The molecule has 86 valence electrons. The van der Waals surface area contributed by atoms with Crippen molar-refractivity contribution in [3.8, 4) is 0 Å². The molecule has 0 aliphatic carbocycles. The van der Waals surface area contributed by atoms with Crippen molar-refractivity contribution >= 4 is 11.9 Å². The minimum absolute atomic E-state index is 0.155. The lowest BCUT2D eigenvalue weighted by atomic mass is 10.3. The Balaban J connectivity index is 1.92. The van der Waals surface area contributed by atoms with Crippen LogP contribution in [0, 0.1) is 0 Å². The normalized spacial score (nSPS) is 16.0. The molecular weight excluding hydrogens is 196 g/mol. The van der Waals surface area contributed by atoms with Crippen LogP contribution in [-0.4, -0.2) is 48.1 Å². The Hall–Kier alpha value is -1.10. The van der Waals surface area contributed by atoms with E-state index in [2.05, 4.69) is 5.32 Å². The first-order valence-corrected chi connectivity index (χ1v) is 5.40. The molecule has 0 spiro atoms. The van der Waals surface area contributed by atoms with Crippen molar-refractivity contribution in [2.75, 3.05) is 26.2 Å². The van der Waals surface area contributed by atoms with Gasteiger partial charge >= 0.3 is 5.97 Å². The van der Waals surface area contributed by atoms with Gasteiger partial charge in [-0.1, -0.05) is 0 Å². The fourth-order valence-corrected chi connectivity index (χ4v) is 1.66. The smallest absolute Gasteiger partial charge is 0.304 e. The van der Waals surface area contributed by atoms with Gasteiger partial charge in [0.2, 0.25) is 5.91 Å². The van der Waals surface area contributed by atoms with Gasteiger partial charge < -0.3 is 15.3 Å². The van der Waals surface area contributed by atoms with Gasteiger partial charge in [0.1, 0.15) is 0 Å². The van der Waals surface area contributed by atoms with Crippen LogP contribution in [0.25, 0.3) is 0 Å². The van der Waals surface area contributed by atoms with Gasteiger partial charge in [0, 0.05) is 26.1 Å². The van der Waals surface area contributed by atoms with Crippen LogP contribution in [0.2, 0.25) is 0 Å². The first-order chi connectivity index (χ1) is 7.20. The molecule has 1 saturated heterocycles. The molecule has 1 heterocycles. The van der Waals surface area contributed by atoms with E-state index in [1.54, 1.807) is 0 Å². The molecule has 0 bridgehead atoms. The van der Waals surface area contributed by atoms with E-state index in [0.29, 0.717) is 13.0 Å². The van der Waals surface area contributed by atoms with Crippen LogP contribution in [0.4, 0.5) is 0 Å². The van der Waals surface area contributed by atoms with Gasteiger partial charge in [-0.2, -0.15) is 0 Å². The zero-order valence-electron chi connectivity index (χ0n) is 8.87. The van der Waals surface area contributed by atoms with E-state index in [1.807, 2.05) is 4.90 Å². The number of rotatable bonds is 7. The van der Waals surface area contributed by atoms with Crippen molar-refractivity contribution in [2.45, 2.75) is 25.7 Å². The molecular formula is C10H18N2O3. The van der Waals surface area contributed by atoms with Crippen LogP contribution in [0.3, 0.4) is 0 Å². The fraction of sp³-hybridized carbons (Fsp3) is 0.800. The first kappa shape index (κ1) is 12.0. The Bertz CT molecular complexity index is 231. The summed E-state index contributed by atoms with van der Waals surface area (Å²) in [4.78, 5) is 23.3. The number of hydrogen-bond donors (Lipinski definition) is 2. The maximum absolute atomic E-state index is 11.2. The monoisotopic (exact) mass is 214 g/mol. The summed E-state index contributed by atoms with van der Waals surface area (Å²) in [6, 6.07) is 0. The number of carbonyl (C=O) groups is 2. The summed E-state index contributed by atoms with van der Waals surface area (Å²) in [5, 5.41) is 11.4. The highest BCUT2D eigenvalue weighted by molar-refractivity contribution is 5.77. The molecule has 0 saturated carbocycles. The number of carbonyl (C=O) groups excluding carboxylic acids is 1. The molecule has 0 unspecified atom stereocenters. The Morgan fingerprint density at radius 3 is 2.87 bits per heavy atom. The predicted molar refractivity (Wildman–Crippen MR) is 55.6 cm³/mol. The SMILES string of the molecule is O=C(O)CCNCCCN1CCCC1=O.